The molecule has 90 valence electrons. The first-order valence-electron chi connectivity index (χ1n) is 3.98. The van der Waals surface area contributed by atoms with Crippen molar-refractivity contribution in [2.75, 3.05) is 0 Å². The summed E-state index contributed by atoms with van der Waals surface area (Å²) in [5, 5.41) is 7.41. The van der Waals surface area contributed by atoms with Crippen molar-refractivity contribution in [3.63, 3.8) is 0 Å². The molecule has 0 aliphatic rings. The van der Waals surface area contributed by atoms with Gasteiger partial charge in [-0.25, -0.2) is 14.8 Å². The molecule has 0 bridgehead atoms. The number of hydrogen-bond acceptors (Lipinski definition) is 5. The summed E-state index contributed by atoms with van der Waals surface area (Å²) in [7, 11) is 0. The molecule has 11 heteroatoms. The van der Waals surface area contributed by atoms with Gasteiger partial charge in [-0.2, -0.15) is 14.5 Å². The lowest BCUT2D eigenvalue weighted by atomic mass is 10.7. The molecule has 2 heterocycles. The molecule has 0 saturated heterocycles. The summed E-state index contributed by atoms with van der Waals surface area (Å²) in [5.74, 6) is -0.144. The number of alkyl halides is 3. The van der Waals surface area contributed by atoms with Gasteiger partial charge in [-0.05, 0) is 15.9 Å². The second-order valence-corrected chi connectivity index (χ2v) is 5.73. The van der Waals surface area contributed by atoms with Crippen molar-refractivity contribution in [3.05, 3.63) is 23.2 Å². The van der Waals surface area contributed by atoms with E-state index in [0.29, 0.717) is 0 Å². The quantitative estimate of drug-likeness (QED) is 0.671. The number of halogens is 4. The van der Waals surface area contributed by atoms with Crippen LogP contribution in [0.15, 0.2) is 17.4 Å². The minimum atomic E-state index is -1.88. The van der Waals surface area contributed by atoms with Gasteiger partial charge in [-0.15, -0.1) is 5.10 Å². The molecule has 0 aliphatic heterocycles. The summed E-state index contributed by atoms with van der Waals surface area (Å²) in [6.07, 6.45) is 2.39. The molecule has 2 rings (SSSR count). The fourth-order valence-electron chi connectivity index (χ4n) is 1.01. The molecule has 0 aliphatic carbocycles. The van der Waals surface area contributed by atoms with Crippen molar-refractivity contribution >= 4 is 56.8 Å². The van der Waals surface area contributed by atoms with Crippen LogP contribution in [-0.2, 0) is 3.79 Å². The highest BCUT2D eigenvalue weighted by Crippen LogP contribution is 2.37. The first kappa shape index (κ1) is 12.7. The van der Waals surface area contributed by atoms with Crippen molar-refractivity contribution in [1.29, 1.82) is 0 Å². The van der Waals surface area contributed by atoms with Gasteiger partial charge >= 0.3 is 6.03 Å². The lowest BCUT2D eigenvalue weighted by Crippen LogP contribution is -2.26. The Morgan fingerprint density at radius 3 is 2.65 bits per heavy atom. The summed E-state index contributed by atoms with van der Waals surface area (Å²) in [6.45, 7) is 0. The first-order chi connectivity index (χ1) is 7.89. The summed E-state index contributed by atoms with van der Waals surface area (Å²) in [5.41, 5.74) is 0. The Kier molecular flexibility index (Phi) is 3.39. The van der Waals surface area contributed by atoms with Crippen LogP contribution in [-0.4, -0.2) is 35.6 Å². The van der Waals surface area contributed by atoms with Gasteiger partial charge in [0.2, 0.25) is 8.53 Å². The molecule has 17 heavy (non-hydrogen) atoms. The smallest absolute Gasteiger partial charge is 0.243 e. The molecule has 0 aromatic carbocycles. The summed E-state index contributed by atoms with van der Waals surface area (Å²) >= 11 is 20.0. The van der Waals surface area contributed by atoms with E-state index in [1.165, 1.54) is 12.7 Å². The fraction of sp³-hybridized carbons (Fsp3) is 0.167. The lowest BCUT2D eigenvalue weighted by Gasteiger charge is -2.09. The van der Waals surface area contributed by atoms with E-state index in [1.807, 2.05) is 0 Å². The Balaban J connectivity index is 2.49. The van der Waals surface area contributed by atoms with Crippen LogP contribution in [0, 0.1) is 0 Å². The topological polar surface area (TPSA) is 78.5 Å². The molecular weight excluding hydrogens is 358 g/mol. The average Bonchev–Trinajstić information content (AvgIpc) is 2.83. The van der Waals surface area contributed by atoms with Crippen molar-refractivity contribution in [2.45, 2.75) is 3.79 Å². The minimum Gasteiger partial charge on any atom is -0.243 e. The molecule has 0 spiro atoms. The number of carbonyl (C=O) groups excluding carboxylic acids is 1. The van der Waals surface area contributed by atoms with Crippen LogP contribution in [0.5, 0.6) is 0 Å². The predicted octanol–water partition coefficient (Wildman–Crippen LogP) is 1.98. The molecule has 0 amide bonds. The summed E-state index contributed by atoms with van der Waals surface area (Å²) in [4.78, 5) is 19.3. The Hall–Kier alpha value is -0.700. The Labute approximate surface area is 118 Å². The molecule has 0 radical (unpaired) electrons. The highest BCUT2D eigenvalue weighted by Gasteiger charge is 2.33. The van der Waals surface area contributed by atoms with E-state index < -0.39 is 9.82 Å². The third-order valence-corrected chi connectivity index (χ3v) is 2.47. The highest BCUT2D eigenvalue weighted by atomic mass is 79.9. The van der Waals surface area contributed by atoms with Crippen molar-refractivity contribution in [2.24, 2.45) is 0 Å². The first-order valence-corrected chi connectivity index (χ1v) is 5.91. The van der Waals surface area contributed by atoms with Gasteiger partial charge in [-0.1, -0.05) is 34.8 Å². The van der Waals surface area contributed by atoms with E-state index in [9.17, 15) is 4.79 Å². The number of hydrogen-bond donors (Lipinski definition) is 0. The normalized spacial score (nSPS) is 11.8. The van der Waals surface area contributed by atoms with E-state index in [1.54, 1.807) is 0 Å². The lowest BCUT2D eigenvalue weighted by molar-refractivity contribution is 0.237. The average molecular weight is 360 g/mol. The van der Waals surface area contributed by atoms with Crippen LogP contribution in [0.1, 0.15) is 5.82 Å². The van der Waals surface area contributed by atoms with Gasteiger partial charge < -0.3 is 0 Å². The van der Waals surface area contributed by atoms with Gasteiger partial charge in [0.15, 0.2) is 5.82 Å². The third kappa shape index (κ3) is 2.59. The van der Waals surface area contributed by atoms with Crippen molar-refractivity contribution < 1.29 is 4.79 Å². The maximum atomic E-state index is 11.9. The SMILES string of the molecule is O=C(n1cncn1)n1nc(Br)nc1C(Cl)(Cl)Cl. The zero-order valence-electron chi connectivity index (χ0n) is 7.76. The van der Waals surface area contributed by atoms with Gasteiger partial charge in [0, 0.05) is 0 Å². The van der Waals surface area contributed by atoms with Crippen LogP contribution in [0.4, 0.5) is 4.79 Å². The molecule has 0 N–H and O–H groups in total. The van der Waals surface area contributed by atoms with Crippen LogP contribution in [0.3, 0.4) is 0 Å². The van der Waals surface area contributed by atoms with E-state index in [4.69, 9.17) is 34.8 Å². The Morgan fingerprint density at radius 1 is 1.41 bits per heavy atom. The fourth-order valence-corrected chi connectivity index (χ4v) is 1.70. The van der Waals surface area contributed by atoms with Crippen molar-refractivity contribution in [3.8, 4) is 0 Å². The number of aromatic nitrogens is 6. The van der Waals surface area contributed by atoms with E-state index in [0.717, 1.165) is 9.36 Å². The maximum Gasteiger partial charge on any atom is 0.372 e. The summed E-state index contributed by atoms with van der Waals surface area (Å²) in [6, 6.07) is -0.665. The summed E-state index contributed by atoms with van der Waals surface area (Å²) < 4.78 is -0.00510. The second kappa shape index (κ2) is 4.52. The van der Waals surface area contributed by atoms with Gasteiger partial charge in [0.1, 0.15) is 12.7 Å². The molecule has 0 atom stereocenters. The molecule has 7 nitrogen and oxygen atoms in total. The van der Waals surface area contributed by atoms with Crippen LogP contribution < -0.4 is 0 Å². The number of carbonyl (C=O) groups is 1. The molecule has 2 aromatic heterocycles. The maximum absolute atomic E-state index is 11.9. The Bertz CT molecular complexity index is 547. The third-order valence-electron chi connectivity index (χ3n) is 1.63. The number of nitrogens with zero attached hydrogens (tertiary/aromatic N) is 6. The van der Waals surface area contributed by atoms with Crippen LogP contribution in [0.2, 0.25) is 0 Å². The molecule has 2 aromatic rings. The van der Waals surface area contributed by atoms with Gasteiger partial charge in [-0.3, -0.25) is 0 Å². The number of rotatable bonds is 0. The van der Waals surface area contributed by atoms with Gasteiger partial charge in [0.25, 0.3) is 0 Å². The molecule has 0 unspecified atom stereocenters. The van der Waals surface area contributed by atoms with Crippen LogP contribution in [0.25, 0.3) is 0 Å². The standard InChI is InChI=1S/C6H2BrCl3N6O/c7-4-13-3(6(8,9)10)16(14-4)5(17)15-2-11-1-12-15/h1-2H. The van der Waals surface area contributed by atoms with Gasteiger partial charge in [0.05, 0.1) is 0 Å². The molecular formula is C6H2BrCl3N6O. The van der Waals surface area contributed by atoms with Crippen molar-refractivity contribution in [1.82, 2.24) is 29.5 Å². The van der Waals surface area contributed by atoms with E-state index in [2.05, 4.69) is 36.1 Å². The monoisotopic (exact) mass is 358 g/mol. The largest absolute Gasteiger partial charge is 0.372 e. The second-order valence-electron chi connectivity index (χ2n) is 2.74. The zero-order valence-corrected chi connectivity index (χ0v) is 11.6. The van der Waals surface area contributed by atoms with E-state index >= 15 is 0 Å². The Morgan fingerprint density at radius 2 is 2.12 bits per heavy atom. The molecule has 0 fully saturated rings. The highest BCUT2D eigenvalue weighted by molar-refractivity contribution is 9.10. The minimum absolute atomic E-state index is 0.118. The molecule has 0 saturated carbocycles. The van der Waals surface area contributed by atoms with Crippen LogP contribution >= 0.6 is 50.7 Å². The predicted molar refractivity (Wildman–Crippen MR) is 63.2 cm³/mol. The zero-order chi connectivity index (χ0) is 12.6. The van der Waals surface area contributed by atoms with E-state index in [-0.39, 0.29) is 10.6 Å².